The highest BCUT2D eigenvalue weighted by Gasteiger charge is 2.20. The zero-order chi connectivity index (χ0) is 9.10. The first kappa shape index (κ1) is 8.25. The van der Waals surface area contributed by atoms with Gasteiger partial charge in [0.1, 0.15) is 0 Å². The highest BCUT2D eigenvalue weighted by Crippen LogP contribution is 2.05. The first-order valence-corrected chi connectivity index (χ1v) is 4.13. The molecular weight excluding hydrogens is 172 g/mol. The Bertz CT molecular complexity index is 278. The number of hydrogen-bond donors (Lipinski definition) is 0. The summed E-state index contributed by atoms with van der Waals surface area (Å²) >= 11 is 0. The van der Waals surface area contributed by atoms with Crippen molar-refractivity contribution >= 4 is 5.91 Å². The average molecular weight is 182 g/mol. The maximum absolute atomic E-state index is 11.6. The molecule has 5 nitrogen and oxygen atoms in total. The van der Waals surface area contributed by atoms with Crippen LogP contribution in [0.2, 0.25) is 0 Å². The van der Waals surface area contributed by atoms with Gasteiger partial charge < -0.3 is 14.1 Å². The van der Waals surface area contributed by atoms with Gasteiger partial charge >= 0.3 is 0 Å². The van der Waals surface area contributed by atoms with Crippen LogP contribution in [0.4, 0.5) is 0 Å². The molecule has 0 spiro atoms. The van der Waals surface area contributed by atoms with Gasteiger partial charge in [-0.2, -0.15) is 0 Å². The predicted molar refractivity (Wildman–Crippen MR) is 43.2 cm³/mol. The van der Waals surface area contributed by atoms with E-state index in [-0.39, 0.29) is 5.91 Å². The largest absolute Gasteiger partial charge is 0.438 e. The predicted octanol–water partition coefficient (Wildman–Crippen LogP) is 0.147. The fraction of sp³-hybridized carbons (Fsp3) is 0.500. The van der Waals surface area contributed by atoms with Gasteiger partial charge in [-0.25, -0.2) is 4.98 Å². The summed E-state index contributed by atoms with van der Waals surface area (Å²) in [6.07, 6.45) is 2.69. The Labute approximate surface area is 75.3 Å². The number of nitrogens with zero attached hydrogens (tertiary/aromatic N) is 2. The van der Waals surface area contributed by atoms with Crippen molar-refractivity contribution in [2.75, 3.05) is 26.3 Å². The summed E-state index contributed by atoms with van der Waals surface area (Å²) < 4.78 is 10.0. The van der Waals surface area contributed by atoms with E-state index >= 15 is 0 Å². The number of ether oxygens (including phenoxy) is 1. The van der Waals surface area contributed by atoms with Gasteiger partial charge in [0.25, 0.3) is 5.91 Å². The fourth-order valence-electron chi connectivity index (χ4n) is 1.24. The van der Waals surface area contributed by atoms with Gasteiger partial charge in [-0.3, -0.25) is 4.79 Å². The van der Waals surface area contributed by atoms with Crippen molar-refractivity contribution in [3.05, 3.63) is 18.4 Å². The van der Waals surface area contributed by atoms with E-state index < -0.39 is 0 Å². The van der Waals surface area contributed by atoms with Crippen molar-refractivity contribution < 1.29 is 13.9 Å². The molecule has 1 aliphatic heterocycles. The molecule has 1 aliphatic rings. The normalized spacial score (nSPS) is 17.4. The van der Waals surface area contributed by atoms with E-state index in [9.17, 15) is 4.79 Å². The van der Waals surface area contributed by atoms with Crippen LogP contribution in [-0.4, -0.2) is 42.1 Å². The van der Waals surface area contributed by atoms with Crippen LogP contribution in [0.5, 0.6) is 0 Å². The number of oxazole rings is 1. The van der Waals surface area contributed by atoms with Crippen molar-refractivity contribution in [2.45, 2.75) is 0 Å². The second-order valence-electron chi connectivity index (χ2n) is 2.77. The summed E-state index contributed by atoms with van der Waals surface area (Å²) in [7, 11) is 0. The quantitative estimate of drug-likeness (QED) is 0.620. The van der Waals surface area contributed by atoms with Crippen LogP contribution in [0, 0.1) is 0 Å². The first-order chi connectivity index (χ1) is 6.38. The average Bonchev–Trinajstić information content (AvgIpc) is 2.71. The minimum Gasteiger partial charge on any atom is -0.438 e. The molecule has 0 saturated carbocycles. The summed E-state index contributed by atoms with van der Waals surface area (Å²) in [5, 5.41) is 0. The standard InChI is InChI=1S/C8H10N2O3/c11-8(7-5-9-6-13-7)10-1-3-12-4-2-10/h5-6H,1-4H2. The van der Waals surface area contributed by atoms with E-state index in [0.29, 0.717) is 32.1 Å². The molecule has 0 aromatic carbocycles. The number of rotatable bonds is 1. The topological polar surface area (TPSA) is 55.6 Å². The van der Waals surface area contributed by atoms with E-state index in [1.54, 1.807) is 4.90 Å². The molecule has 1 fully saturated rings. The lowest BCUT2D eigenvalue weighted by molar-refractivity contribution is 0.0283. The lowest BCUT2D eigenvalue weighted by Crippen LogP contribution is -2.40. The second-order valence-corrected chi connectivity index (χ2v) is 2.77. The molecule has 0 atom stereocenters. The number of carbonyl (C=O) groups excluding carboxylic acids is 1. The van der Waals surface area contributed by atoms with Gasteiger partial charge in [0, 0.05) is 13.1 Å². The van der Waals surface area contributed by atoms with Crippen LogP contribution in [-0.2, 0) is 4.74 Å². The van der Waals surface area contributed by atoms with E-state index in [1.807, 2.05) is 0 Å². The highest BCUT2D eigenvalue weighted by atomic mass is 16.5. The molecule has 0 N–H and O–H groups in total. The maximum Gasteiger partial charge on any atom is 0.291 e. The zero-order valence-corrected chi connectivity index (χ0v) is 7.10. The van der Waals surface area contributed by atoms with Gasteiger partial charge in [0.2, 0.25) is 5.76 Å². The molecule has 1 saturated heterocycles. The molecule has 13 heavy (non-hydrogen) atoms. The summed E-state index contributed by atoms with van der Waals surface area (Å²) in [4.78, 5) is 17.0. The van der Waals surface area contributed by atoms with Crippen molar-refractivity contribution in [3.8, 4) is 0 Å². The van der Waals surface area contributed by atoms with Crippen LogP contribution in [0.15, 0.2) is 17.0 Å². The Kier molecular flexibility index (Phi) is 2.27. The second kappa shape index (κ2) is 3.57. The third-order valence-electron chi connectivity index (χ3n) is 1.94. The fourth-order valence-corrected chi connectivity index (χ4v) is 1.24. The Balaban J connectivity index is 2.04. The van der Waals surface area contributed by atoms with Crippen molar-refractivity contribution in [1.29, 1.82) is 0 Å². The van der Waals surface area contributed by atoms with Gasteiger partial charge in [-0.15, -0.1) is 0 Å². The monoisotopic (exact) mass is 182 g/mol. The summed E-state index contributed by atoms with van der Waals surface area (Å²) in [6.45, 7) is 2.44. The number of aromatic nitrogens is 1. The molecule has 70 valence electrons. The van der Waals surface area contributed by atoms with E-state index in [0.717, 1.165) is 0 Å². The molecular formula is C8H10N2O3. The highest BCUT2D eigenvalue weighted by molar-refractivity contribution is 5.91. The van der Waals surface area contributed by atoms with E-state index in [4.69, 9.17) is 9.15 Å². The molecule has 5 heteroatoms. The molecule has 0 unspecified atom stereocenters. The van der Waals surface area contributed by atoms with Crippen LogP contribution >= 0.6 is 0 Å². The summed E-state index contributed by atoms with van der Waals surface area (Å²) in [5.41, 5.74) is 0. The number of carbonyl (C=O) groups is 1. The van der Waals surface area contributed by atoms with Crippen LogP contribution in [0.1, 0.15) is 10.6 Å². The van der Waals surface area contributed by atoms with Crippen molar-refractivity contribution in [1.82, 2.24) is 9.88 Å². The minimum atomic E-state index is -0.110. The summed E-state index contributed by atoms with van der Waals surface area (Å²) in [6, 6.07) is 0. The lowest BCUT2D eigenvalue weighted by Gasteiger charge is -2.25. The maximum atomic E-state index is 11.6. The molecule has 0 aliphatic carbocycles. The third-order valence-corrected chi connectivity index (χ3v) is 1.94. The Morgan fingerprint density at radius 3 is 2.85 bits per heavy atom. The van der Waals surface area contributed by atoms with Crippen LogP contribution in [0.25, 0.3) is 0 Å². The Hall–Kier alpha value is -1.36. The molecule has 2 heterocycles. The minimum absolute atomic E-state index is 0.110. The third kappa shape index (κ3) is 1.70. The lowest BCUT2D eigenvalue weighted by atomic mass is 10.3. The first-order valence-electron chi connectivity index (χ1n) is 4.13. The molecule has 1 aromatic heterocycles. The number of hydrogen-bond acceptors (Lipinski definition) is 4. The zero-order valence-electron chi connectivity index (χ0n) is 7.10. The molecule has 2 rings (SSSR count). The van der Waals surface area contributed by atoms with Gasteiger partial charge in [-0.05, 0) is 0 Å². The van der Waals surface area contributed by atoms with Gasteiger partial charge in [-0.1, -0.05) is 0 Å². The van der Waals surface area contributed by atoms with Gasteiger partial charge in [0.05, 0.1) is 19.4 Å². The molecule has 0 radical (unpaired) electrons. The number of morpholine rings is 1. The Morgan fingerprint density at radius 2 is 2.23 bits per heavy atom. The smallest absolute Gasteiger partial charge is 0.291 e. The van der Waals surface area contributed by atoms with Crippen molar-refractivity contribution in [2.24, 2.45) is 0 Å². The van der Waals surface area contributed by atoms with E-state index in [1.165, 1.54) is 12.6 Å². The van der Waals surface area contributed by atoms with Crippen LogP contribution < -0.4 is 0 Å². The summed E-state index contributed by atoms with van der Waals surface area (Å²) in [5.74, 6) is 0.183. The molecule has 0 bridgehead atoms. The SMILES string of the molecule is O=C(c1cnco1)N1CCOCC1. The Morgan fingerprint density at radius 1 is 1.46 bits per heavy atom. The van der Waals surface area contributed by atoms with E-state index in [2.05, 4.69) is 4.98 Å². The van der Waals surface area contributed by atoms with Crippen molar-refractivity contribution in [3.63, 3.8) is 0 Å². The molecule has 1 aromatic rings. The van der Waals surface area contributed by atoms with Gasteiger partial charge in [0.15, 0.2) is 6.39 Å². The molecule has 1 amide bonds. The van der Waals surface area contributed by atoms with Crippen LogP contribution in [0.3, 0.4) is 0 Å². The number of amides is 1.